The molecule has 0 aliphatic heterocycles. The lowest BCUT2D eigenvalue weighted by atomic mass is 10.0. The predicted octanol–water partition coefficient (Wildman–Crippen LogP) is 4.04. The molecule has 4 heteroatoms. The molecule has 0 radical (unpaired) electrons. The molecule has 0 saturated heterocycles. The van der Waals surface area contributed by atoms with Gasteiger partial charge >= 0.3 is 0 Å². The lowest BCUT2D eigenvalue weighted by Crippen LogP contribution is -2.06. The molecule has 0 saturated carbocycles. The number of halogens is 1. The fourth-order valence-corrected chi connectivity index (χ4v) is 2.45. The smallest absolute Gasteiger partial charge is 0.200 e. The van der Waals surface area contributed by atoms with Crippen molar-refractivity contribution in [2.75, 3.05) is 0 Å². The summed E-state index contributed by atoms with van der Waals surface area (Å²) in [5, 5.41) is 10.2. The third-order valence-electron chi connectivity index (χ3n) is 3.73. The van der Waals surface area contributed by atoms with Crippen molar-refractivity contribution in [2.24, 2.45) is 0 Å². The van der Waals surface area contributed by atoms with Gasteiger partial charge in [-0.25, -0.2) is 4.39 Å². The first-order valence-electron chi connectivity index (χ1n) is 7.10. The maximum atomic E-state index is 13.9. The van der Waals surface area contributed by atoms with Crippen molar-refractivity contribution in [3.05, 3.63) is 70.3 Å². The van der Waals surface area contributed by atoms with Gasteiger partial charge in [0, 0.05) is 5.56 Å². The molecule has 1 aromatic heterocycles. The maximum absolute atomic E-state index is 13.9. The summed E-state index contributed by atoms with van der Waals surface area (Å²) in [6.07, 6.45) is 1.25. The fourth-order valence-electron chi connectivity index (χ4n) is 2.45. The van der Waals surface area contributed by atoms with Crippen LogP contribution in [0.2, 0.25) is 0 Å². The summed E-state index contributed by atoms with van der Waals surface area (Å²) >= 11 is 0. The summed E-state index contributed by atoms with van der Waals surface area (Å²) in [7, 11) is 0. The molecule has 0 bridgehead atoms. The van der Waals surface area contributed by atoms with E-state index in [-0.39, 0.29) is 16.6 Å². The van der Waals surface area contributed by atoms with Gasteiger partial charge in [-0.15, -0.1) is 0 Å². The molecule has 0 aliphatic carbocycles. The second-order valence-electron chi connectivity index (χ2n) is 5.14. The van der Waals surface area contributed by atoms with E-state index in [1.165, 1.54) is 12.3 Å². The molecule has 3 aromatic rings. The van der Waals surface area contributed by atoms with Gasteiger partial charge in [-0.3, -0.25) is 4.79 Å². The molecule has 3 rings (SSSR count). The van der Waals surface area contributed by atoms with E-state index in [0.717, 1.165) is 0 Å². The quantitative estimate of drug-likeness (QED) is 0.794. The van der Waals surface area contributed by atoms with E-state index < -0.39 is 11.9 Å². The highest BCUT2D eigenvalue weighted by Crippen LogP contribution is 2.25. The Morgan fingerprint density at radius 1 is 1.18 bits per heavy atom. The number of fused-ring (bicyclic) bond motifs is 1. The van der Waals surface area contributed by atoms with Crippen LogP contribution in [0.25, 0.3) is 22.1 Å². The Hall–Kier alpha value is -2.46. The zero-order chi connectivity index (χ0) is 15.7. The van der Waals surface area contributed by atoms with E-state index in [0.29, 0.717) is 23.0 Å². The first kappa shape index (κ1) is 14.5. The van der Waals surface area contributed by atoms with Crippen molar-refractivity contribution < 1.29 is 13.9 Å². The zero-order valence-corrected chi connectivity index (χ0v) is 12.0. The Morgan fingerprint density at radius 3 is 2.68 bits per heavy atom. The van der Waals surface area contributed by atoms with E-state index in [1.54, 1.807) is 36.4 Å². The van der Waals surface area contributed by atoms with Gasteiger partial charge in [-0.05, 0) is 30.2 Å². The van der Waals surface area contributed by atoms with Crippen LogP contribution in [0.15, 0.2) is 57.9 Å². The van der Waals surface area contributed by atoms with Crippen LogP contribution >= 0.6 is 0 Å². The molecule has 22 heavy (non-hydrogen) atoms. The number of hydrogen-bond donors (Lipinski definition) is 1. The van der Waals surface area contributed by atoms with Crippen LogP contribution in [-0.4, -0.2) is 5.11 Å². The van der Waals surface area contributed by atoms with Crippen LogP contribution in [0.5, 0.6) is 0 Å². The standard InChI is InChI=1S/C18H15FO3/c1-2-16(20)11-7-8-13-17(9-11)22-10-14(18(13)21)12-5-3-4-6-15(12)19/h3-10,16,20H,2H2,1H3/t16-/m1/s1. The van der Waals surface area contributed by atoms with Crippen LogP contribution in [0, 0.1) is 5.82 Å². The molecular formula is C18H15FO3. The van der Waals surface area contributed by atoms with Gasteiger partial charge in [0.15, 0.2) is 0 Å². The van der Waals surface area contributed by atoms with Crippen LogP contribution in [0.3, 0.4) is 0 Å². The molecule has 1 N–H and O–H groups in total. The molecule has 0 unspecified atom stereocenters. The van der Waals surface area contributed by atoms with Crippen molar-refractivity contribution in [3.8, 4) is 11.1 Å². The van der Waals surface area contributed by atoms with E-state index >= 15 is 0 Å². The first-order valence-corrected chi connectivity index (χ1v) is 7.10. The average molecular weight is 298 g/mol. The highest BCUT2D eigenvalue weighted by Gasteiger charge is 2.14. The highest BCUT2D eigenvalue weighted by molar-refractivity contribution is 5.82. The summed E-state index contributed by atoms with van der Waals surface area (Å²) in [5.41, 5.74) is 1.20. The van der Waals surface area contributed by atoms with Crippen molar-refractivity contribution >= 4 is 11.0 Å². The van der Waals surface area contributed by atoms with Crippen molar-refractivity contribution in [3.63, 3.8) is 0 Å². The number of aliphatic hydroxyl groups excluding tert-OH is 1. The number of hydrogen-bond acceptors (Lipinski definition) is 3. The lowest BCUT2D eigenvalue weighted by Gasteiger charge is -2.09. The van der Waals surface area contributed by atoms with Crippen molar-refractivity contribution in [2.45, 2.75) is 19.4 Å². The van der Waals surface area contributed by atoms with Gasteiger partial charge in [0.2, 0.25) is 5.43 Å². The summed E-state index contributed by atoms with van der Waals surface area (Å²) in [5.74, 6) is -0.466. The van der Waals surface area contributed by atoms with Gasteiger partial charge in [0.05, 0.1) is 17.1 Å². The van der Waals surface area contributed by atoms with Crippen molar-refractivity contribution in [1.29, 1.82) is 0 Å². The Kier molecular flexibility index (Phi) is 3.77. The van der Waals surface area contributed by atoms with Gasteiger partial charge in [0.1, 0.15) is 17.7 Å². The van der Waals surface area contributed by atoms with Crippen LogP contribution in [0.4, 0.5) is 4.39 Å². The van der Waals surface area contributed by atoms with Gasteiger partial charge in [-0.2, -0.15) is 0 Å². The molecule has 1 heterocycles. The Morgan fingerprint density at radius 2 is 1.95 bits per heavy atom. The third kappa shape index (κ3) is 2.42. The predicted molar refractivity (Wildman–Crippen MR) is 83.1 cm³/mol. The summed E-state index contributed by atoms with van der Waals surface area (Å²) in [4.78, 5) is 12.5. The largest absolute Gasteiger partial charge is 0.463 e. The Balaban J connectivity index is 2.19. The summed E-state index contributed by atoms with van der Waals surface area (Å²) in [6, 6.07) is 11.0. The fraction of sp³-hybridized carbons (Fsp3) is 0.167. The molecule has 3 nitrogen and oxygen atoms in total. The van der Waals surface area contributed by atoms with Gasteiger partial charge in [-0.1, -0.05) is 31.2 Å². The molecule has 0 amide bonds. The molecule has 112 valence electrons. The zero-order valence-electron chi connectivity index (χ0n) is 12.0. The molecular weight excluding hydrogens is 283 g/mol. The molecule has 1 atom stereocenters. The molecule has 0 spiro atoms. The number of rotatable bonds is 3. The maximum Gasteiger partial charge on any atom is 0.200 e. The van der Waals surface area contributed by atoms with E-state index in [2.05, 4.69) is 0 Å². The molecule has 0 fully saturated rings. The second-order valence-corrected chi connectivity index (χ2v) is 5.14. The third-order valence-corrected chi connectivity index (χ3v) is 3.73. The average Bonchev–Trinajstić information content (AvgIpc) is 2.55. The number of benzene rings is 2. The molecule has 2 aromatic carbocycles. The minimum absolute atomic E-state index is 0.189. The topological polar surface area (TPSA) is 50.4 Å². The minimum Gasteiger partial charge on any atom is -0.463 e. The Labute approximate surface area is 126 Å². The number of aliphatic hydroxyl groups is 1. The van der Waals surface area contributed by atoms with E-state index in [4.69, 9.17) is 4.42 Å². The highest BCUT2D eigenvalue weighted by atomic mass is 19.1. The van der Waals surface area contributed by atoms with E-state index in [9.17, 15) is 14.3 Å². The minimum atomic E-state index is -0.596. The summed E-state index contributed by atoms with van der Waals surface area (Å²) < 4.78 is 19.3. The van der Waals surface area contributed by atoms with Crippen molar-refractivity contribution in [1.82, 2.24) is 0 Å². The molecule has 0 aliphatic rings. The SMILES string of the molecule is CC[C@@H](O)c1ccc2c(=O)c(-c3ccccc3F)coc2c1. The van der Waals surface area contributed by atoms with E-state index in [1.807, 2.05) is 6.92 Å². The second kappa shape index (κ2) is 5.73. The van der Waals surface area contributed by atoms with Gasteiger partial charge < -0.3 is 9.52 Å². The van der Waals surface area contributed by atoms with Crippen LogP contribution in [0.1, 0.15) is 25.0 Å². The normalized spacial score (nSPS) is 12.5. The van der Waals surface area contributed by atoms with Crippen LogP contribution in [-0.2, 0) is 0 Å². The monoisotopic (exact) mass is 298 g/mol. The van der Waals surface area contributed by atoms with Crippen LogP contribution < -0.4 is 5.43 Å². The Bertz CT molecular complexity index is 883. The first-order chi connectivity index (χ1) is 10.6. The summed E-state index contributed by atoms with van der Waals surface area (Å²) in [6.45, 7) is 1.87. The lowest BCUT2D eigenvalue weighted by molar-refractivity contribution is 0.173. The van der Waals surface area contributed by atoms with Gasteiger partial charge in [0.25, 0.3) is 0 Å².